The van der Waals surface area contributed by atoms with Crippen molar-refractivity contribution in [2.24, 2.45) is 0 Å². The normalized spacial score (nSPS) is 9.29. The molecule has 0 amide bonds. The predicted octanol–water partition coefficient (Wildman–Crippen LogP) is 3.32. The van der Waals surface area contributed by atoms with E-state index in [1.807, 2.05) is 6.92 Å². The second-order valence-corrected chi connectivity index (χ2v) is 3.73. The minimum absolute atomic E-state index is 0.0472. The van der Waals surface area contributed by atoms with E-state index in [-0.39, 0.29) is 5.97 Å². The molecule has 0 atom stereocenters. The molecule has 0 spiro atoms. The van der Waals surface area contributed by atoms with E-state index in [0.29, 0.717) is 13.0 Å². The van der Waals surface area contributed by atoms with Crippen molar-refractivity contribution in [3.05, 3.63) is 18.7 Å². The molecular weight excluding hydrogens is 216 g/mol. The molecule has 0 radical (unpaired) electrons. The van der Waals surface area contributed by atoms with Crippen molar-refractivity contribution >= 4 is 5.97 Å². The SMILES string of the molecule is CCCCCCCC(=O)OCC.c1c[nH]cn1. The second-order valence-electron chi connectivity index (χ2n) is 3.73. The largest absolute Gasteiger partial charge is 0.466 e. The number of aromatic amines is 1. The van der Waals surface area contributed by atoms with Gasteiger partial charge in [-0.05, 0) is 13.3 Å². The molecule has 0 unspecified atom stereocenters. The van der Waals surface area contributed by atoms with Crippen LogP contribution in [0.15, 0.2) is 18.7 Å². The van der Waals surface area contributed by atoms with Crippen LogP contribution in [0.2, 0.25) is 0 Å². The summed E-state index contributed by atoms with van der Waals surface area (Å²) in [4.78, 5) is 17.3. The maximum absolute atomic E-state index is 10.9. The molecule has 0 aromatic carbocycles. The summed E-state index contributed by atoms with van der Waals surface area (Å²) in [6.45, 7) is 4.54. The summed E-state index contributed by atoms with van der Waals surface area (Å²) in [6, 6.07) is 0. The third-order valence-electron chi connectivity index (χ3n) is 2.20. The predicted molar refractivity (Wildman–Crippen MR) is 68.6 cm³/mol. The highest BCUT2D eigenvalue weighted by Gasteiger charge is 1.99. The number of ether oxygens (including phenoxy) is 1. The number of nitrogens with one attached hydrogen (secondary N) is 1. The topological polar surface area (TPSA) is 55.0 Å². The molecule has 0 fully saturated rings. The Kier molecular flexibility index (Phi) is 11.8. The van der Waals surface area contributed by atoms with Crippen molar-refractivity contribution in [1.82, 2.24) is 9.97 Å². The van der Waals surface area contributed by atoms with Gasteiger partial charge in [0.05, 0.1) is 12.9 Å². The average Bonchev–Trinajstić information content (AvgIpc) is 2.88. The van der Waals surface area contributed by atoms with Gasteiger partial charge in [-0.1, -0.05) is 32.6 Å². The molecule has 1 aromatic rings. The number of imidazole rings is 1. The zero-order valence-electron chi connectivity index (χ0n) is 10.9. The molecule has 0 saturated heterocycles. The van der Waals surface area contributed by atoms with Crippen molar-refractivity contribution in [2.45, 2.75) is 52.4 Å². The third kappa shape index (κ3) is 12.6. The fourth-order valence-corrected chi connectivity index (χ4v) is 1.32. The van der Waals surface area contributed by atoms with Gasteiger partial charge in [0.15, 0.2) is 0 Å². The van der Waals surface area contributed by atoms with Crippen LogP contribution in [0.5, 0.6) is 0 Å². The number of nitrogens with zero attached hydrogens (tertiary/aromatic N) is 1. The summed E-state index contributed by atoms with van der Waals surface area (Å²) in [7, 11) is 0. The van der Waals surface area contributed by atoms with Gasteiger partial charge in [0, 0.05) is 18.8 Å². The molecule has 4 heteroatoms. The van der Waals surface area contributed by atoms with Gasteiger partial charge in [-0.25, -0.2) is 4.98 Å². The molecular formula is C13H24N2O2. The van der Waals surface area contributed by atoms with Crippen LogP contribution in [0.1, 0.15) is 52.4 Å². The summed E-state index contributed by atoms with van der Waals surface area (Å²) in [5, 5.41) is 0. The molecule has 1 N–H and O–H groups in total. The Balaban J connectivity index is 0.000000419. The van der Waals surface area contributed by atoms with Crippen LogP contribution in [0, 0.1) is 0 Å². The van der Waals surface area contributed by atoms with Crippen LogP contribution >= 0.6 is 0 Å². The molecule has 4 nitrogen and oxygen atoms in total. The van der Waals surface area contributed by atoms with Gasteiger partial charge < -0.3 is 9.72 Å². The summed E-state index contributed by atoms with van der Waals surface area (Å²) >= 11 is 0. The maximum atomic E-state index is 10.9. The molecule has 0 aliphatic carbocycles. The molecule has 0 saturated carbocycles. The van der Waals surface area contributed by atoms with Gasteiger partial charge in [0.1, 0.15) is 0 Å². The number of H-pyrrole nitrogens is 1. The Hall–Kier alpha value is -1.32. The van der Waals surface area contributed by atoms with Gasteiger partial charge in [0.25, 0.3) is 0 Å². The Bertz CT molecular complexity index is 231. The highest BCUT2D eigenvalue weighted by Crippen LogP contribution is 2.05. The van der Waals surface area contributed by atoms with Crippen molar-refractivity contribution in [3.8, 4) is 0 Å². The Morgan fingerprint density at radius 3 is 2.47 bits per heavy atom. The lowest BCUT2D eigenvalue weighted by Gasteiger charge is -2.00. The molecule has 17 heavy (non-hydrogen) atoms. The van der Waals surface area contributed by atoms with E-state index in [0.717, 1.165) is 12.8 Å². The third-order valence-corrected chi connectivity index (χ3v) is 2.20. The number of hydrogen-bond donors (Lipinski definition) is 1. The molecule has 98 valence electrons. The van der Waals surface area contributed by atoms with Gasteiger partial charge in [-0.3, -0.25) is 4.79 Å². The maximum Gasteiger partial charge on any atom is 0.305 e. The monoisotopic (exact) mass is 240 g/mol. The number of esters is 1. The average molecular weight is 240 g/mol. The number of carbonyl (C=O) groups excluding carboxylic acids is 1. The van der Waals surface area contributed by atoms with Crippen LogP contribution in [0.3, 0.4) is 0 Å². The summed E-state index contributed by atoms with van der Waals surface area (Å²) in [6.07, 6.45) is 11.6. The van der Waals surface area contributed by atoms with Crippen molar-refractivity contribution in [3.63, 3.8) is 0 Å². The number of carbonyl (C=O) groups is 1. The van der Waals surface area contributed by atoms with Gasteiger partial charge in [0.2, 0.25) is 0 Å². The first-order chi connectivity index (χ1) is 8.31. The minimum atomic E-state index is -0.0472. The Labute approximate surface area is 104 Å². The molecule has 0 aliphatic rings. The van der Waals surface area contributed by atoms with E-state index in [2.05, 4.69) is 16.9 Å². The van der Waals surface area contributed by atoms with Crippen molar-refractivity contribution in [1.29, 1.82) is 0 Å². The van der Waals surface area contributed by atoms with Crippen LogP contribution in [0.25, 0.3) is 0 Å². The van der Waals surface area contributed by atoms with Crippen LogP contribution in [-0.2, 0) is 9.53 Å². The van der Waals surface area contributed by atoms with Crippen LogP contribution < -0.4 is 0 Å². The first kappa shape index (κ1) is 15.7. The lowest BCUT2D eigenvalue weighted by Crippen LogP contribution is -2.02. The summed E-state index contributed by atoms with van der Waals surface area (Å²) in [5.74, 6) is -0.0472. The zero-order chi connectivity index (χ0) is 12.8. The van der Waals surface area contributed by atoms with E-state index in [9.17, 15) is 4.79 Å². The lowest BCUT2D eigenvalue weighted by atomic mass is 10.1. The second kappa shape index (κ2) is 12.7. The number of hydrogen-bond acceptors (Lipinski definition) is 3. The fourth-order valence-electron chi connectivity index (χ4n) is 1.32. The van der Waals surface area contributed by atoms with Crippen molar-refractivity contribution < 1.29 is 9.53 Å². The summed E-state index contributed by atoms with van der Waals surface area (Å²) < 4.78 is 4.81. The first-order valence-corrected chi connectivity index (χ1v) is 6.39. The van der Waals surface area contributed by atoms with Gasteiger partial charge >= 0.3 is 5.97 Å². The molecule has 0 aliphatic heterocycles. The highest BCUT2D eigenvalue weighted by molar-refractivity contribution is 5.69. The highest BCUT2D eigenvalue weighted by atomic mass is 16.5. The molecule has 1 heterocycles. The van der Waals surface area contributed by atoms with Gasteiger partial charge in [-0.15, -0.1) is 0 Å². The zero-order valence-corrected chi connectivity index (χ0v) is 10.9. The van der Waals surface area contributed by atoms with Crippen molar-refractivity contribution in [2.75, 3.05) is 6.61 Å². The quantitative estimate of drug-likeness (QED) is 0.587. The number of rotatable bonds is 7. The standard InChI is InChI=1S/C10H20O2.C3H4N2/c1-3-5-6-7-8-9-10(11)12-4-2;1-2-5-3-4-1/h3-9H2,1-2H3;1-3H,(H,4,5). The van der Waals surface area contributed by atoms with E-state index >= 15 is 0 Å². The van der Waals surface area contributed by atoms with E-state index in [4.69, 9.17) is 4.74 Å². The lowest BCUT2D eigenvalue weighted by molar-refractivity contribution is -0.143. The molecule has 1 aromatic heterocycles. The van der Waals surface area contributed by atoms with Crippen LogP contribution in [-0.4, -0.2) is 22.5 Å². The number of unbranched alkanes of at least 4 members (excludes halogenated alkanes) is 4. The smallest absolute Gasteiger partial charge is 0.305 e. The Morgan fingerprint density at radius 2 is 2.00 bits per heavy atom. The first-order valence-electron chi connectivity index (χ1n) is 6.39. The van der Waals surface area contributed by atoms with E-state index in [1.165, 1.54) is 19.3 Å². The molecule has 1 rings (SSSR count). The minimum Gasteiger partial charge on any atom is -0.466 e. The van der Waals surface area contributed by atoms with Gasteiger partial charge in [-0.2, -0.15) is 0 Å². The van der Waals surface area contributed by atoms with E-state index < -0.39 is 0 Å². The number of aromatic nitrogens is 2. The fraction of sp³-hybridized carbons (Fsp3) is 0.692. The van der Waals surface area contributed by atoms with Crippen LogP contribution in [0.4, 0.5) is 0 Å². The summed E-state index contributed by atoms with van der Waals surface area (Å²) in [5.41, 5.74) is 0. The molecule has 0 bridgehead atoms. The Morgan fingerprint density at radius 1 is 1.24 bits per heavy atom. The van der Waals surface area contributed by atoms with E-state index in [1.54, 1.807) is 18.7 Å².